The zero-order valence-electron chi connectivity index (χ0n) is 20.9. The van der Waals surface area contributed by atoms with Crippen molar-refractivity contribution in [3.8, 4) is 11.1 Å². The van der Waals surface area contributed by atoms with Crippen molar-refractivity contribution in [3.63, 3.8) is 0 Å². The van der Waals surface area contributed by atoms with Gasteiger partial charge in [-0.05, 0) is 73.8 Å². The molecule has 0 aliphatic heterocycles. The third-order valence-corrected chi connectivity index (χ3v) is 5.94. The Morgan fingerprint density at radius 1 is 0.706 bits per heavy atom. The molecular formula is C32H38O2. The molecule has 0 saturated carbocycles. The van der Waals surface area contributed by atoms with Crippen LogP contribution in [0.5, 0.6) is 0 Å². The van der Waals surface area contributed by atoms with Crippen LogP contribution in [0.1, 0.15) is 63.5 Å². The van der Waals surface area contributed by atoms with E-state index in [1.807, 2.05) is 31.2 Å². The van der Waals surface area contributed by atoms with E-state index in [1.54, 1.807) is 6.92 Å². The fraction of sp³-hybridized carbons (Fsp3) is 0.281. The van der Waals surface area contributed by atoms with Crippen LogP contribution in [0, 0.1) is 0 Å². The average Bonchev–Trinajstić information content (AvgIpc) is 2.83. The molecule has 2 aromatic carbocycles. The molecule has 2 heteroatoms. The van der Waals surface area contributed by atoms with E-state index in [0.29, 0.717) is 30.8 Å². The molecule has 0 N–H and O–H groups in total. The maximum Gasteiger partial charge on any atom is 0.158 e. The second-order valence-electron chi connectivity index (χ2n) is 8.86. The zero-order valence-corrected chi connectivity index (χ0v) is 20.9. The summed E-state index contributed by atoms with van der Waals surface area (Å²) in [5, 5.41) is 0. The summed E-state index contributed by atoms with van der Waals surface area (Å²) >= 11 is 0. The van der Waals surface area contributed by atoms with E-state index in [2.05, 4.69) is 57.2 Å². The predicted molar refractivity (Wildman–Crippen MR) is 147 cm³/mol. The molecule has 2 rings (SSSR count). The van der Waals surface area contributed by atoms with Crippen molar-refractivity contribution < 1.29 is 9.53 Å². The van der Waals surface area contributed by atoms with Crippen LogP contribution < -0.4 is 0 Å². The van der Waals surface area contributed by atoms with E-state index in [1.165, 1.54) is 0 Å². The Balaban J connectivity index is 2.10. The molecular weight excluding hydrogens is 416 g/mol. The van der Waals surface area contributed by atoms with Gasteiger partial charge in [0.25, 0.3) is 0 Å². The number of unbranched alkanes of at least 4 members (excludes halogenated alkanes) is 1. The van der Waals surface area contributed by atoms with Gasteiger partial charge in [0.05, 0.1) is 6.61 Å². The van der Waals surface area contributed by atoms with Gasteiger partial charge < -0.3 is 4.74 Å². The SMILES string of the molecule is C=C(C)C(=C)CCCCC(=C)c1ccccc1-c1ccccc1C(=C)OCCCC(=O)C(=C)C. The Morgan fingerprint density at radius 3 is 1.88 bits per heavy atom. The first-order valence-electron chi connectivity index (χ1n) is 11.9. The number of ketones is 1. The number of allylic oxidation sites excluding steroid dienone is 4. The standard InChI is InChI=1S/C32H38O2/c1-23(2)25(5)15-8-9-16-26(6)28-17-10-12-19-30(28)31-20-13-11-18-29(31)27(7)34-22-14-21-32(33)24(3)4/h10-13,17-20H,1,3,5-9,14-16,21-22H2,2,4H3. The van der Waals surface area contributed by atoms with E-state index in [4.69, 9.17) is 4.74 Å². The summed E-state index contributed by atoms with van der Waals surface area (Å²) in [7, 11) is 0. The fourth-order valence-electron chi connectivity index (χ4n) is 3.73. The summed E-state index contributed by atoms with van der Waals surface area (Å²) < 4.78 is 5.93. The Bertz CT molecular complexity index is 996. The molecule has 0 amide bonds. The summed E-state index contributed by atoms with van der Waals surface area (Å²) in [5.74, 6) is 0.683. The van der Waals surface area contributed by atoms with Crippen LogP contribution in [0.2, 0.25) is 0 Å². The summed E-state index contributed by atoms with van der Waals surface area (Å²) in [6.45, 7) is 24.5. The normalized spacial score (nSPS) is 10.4. The molecule has 0 saturated heterocycles. The molecule has 2 aromatic rings. The number of rotatable bonds is 15. The molecule has 0 bridgehead atoms. The molecule has 0 aliphatic rings. The summed E-state index contributed by atoms with van der Waals surface area (Å²) in [6.07, 6.45) is 5.10. The Kier molecular flexibility index (Phi) is 10.5. The highest BCUT2D eigenvalue weighted by Gasteiger charge is 2.14. The van der Waals surface area contributed by atoms with Crippen molar-refractivity contribution in [2.24, 2.45) is 0 Å². The quantitative estimate of drug-likeness (QED) is 0.116. The Labute approximate surface area is 206 Å². The minimum atomic E-state index is 0.0750. The highest BCUT2D eigenvalue weighted by atomic mass is 16.5. The molecule has 0 unspecified atom stereocenters. The molecule has 0 atom stereocenters. The lowest BCUT2D eigenvalue weighted by Gasteiger charge is -2.17. The van der Waals surface area contributed by atoms with Gasteiger partial charge in [-0.3, -0.25) is 4.79 Å². The number of hydrogen-bond acceptors (Lipinski definition) is 2. The van der Waals surface area contributed by atoms with Gasteiger partial charge in [0, 0.05) is 12.0 Å². The van der Waals surface area contributed by atoms with Crippen molar-refractivity contribution >= 4 is 17.1 Å². The van der Waals surface area contributed by atoms with Gasteiger partial charge in [0.2, 0.25) is 0 Å². The maximum atomic E-state index is 11.8. The van der Waals surface area contributed by atoms with Crippen LogP contribution in [-0.2, 0) is 9.53 Å². The van der Waals surface area contributed by atoms with E-state index < -0.39 is 0 Å². The Morgan fingerprint density at radius 2 is 1.26 bits per heavy atom. The minimum Gasteiger partial charge on any atom is -0.494 e. The molecule has 0 aromatic heterocycles. The van der Waals surface area contributed by atoms with Crippen LogP contribution in [0.15, 0.2) is 98.1 Å². The first-order chi connectivity index (χ1) is 16.2. The predicted octanol–water partition coefficient (Wildman–Crippen LogP) is 8.97. The van der Waals surface area contributed by atoms with Crippen LogP contribution >= 0.6 is 0 Å². The number of ether oxygens (including phenoxy) is 1. The van der Waals surface area contributed by atoms with E-state index in [9.17, 15) is 4.79 Å². The van der Waals surface area contributed by atoms with Crippen molar-refractivity contribution in [2.45, 2.75) is 52.4 Å². The van der Waals surface area contributed by atoms with E-state index >= 15 is 0 Å². The molecule has 0 aliphatic carbocycles. The number of benzene rings is 2. The molecule has 0 fully saturated rings. The van der Waals surface area contributed by atoms with Gasteiger partial charge in [-0.25, -0.2) is 0 Å². The average molecular weight is 455 g/mol. The Hall–Kier alpha value is -3.39. The minimum absolute atomic E-state index is 0.0750. The smallest absolute Gasteiger partial charge is 0.158 e. The number of carbonyl (C=O) groups is 1. The van der Waals surface area contributed by atoms with Gasteiger partial charge in [-0.1, -0.05) is 92.6 Å². The largest absolute Gasteiger partial charge is 0.494 e. The van der Waals surface area contributed by atoms with Crippen molar-refractivity contribution in [1.82, 2.24) is 0 Å². The molecule has 0 radical (unpaired) electrons. The summed E-state index contributed by atoms with van der Waals surface area (Å²) in [5.41, 5.74) is 8.18. The van der Waals surface area contributed by atoms with Crippen molar-refractivity contribution in [1.29, 1.82) is 0 Å². The first kappa shape index (κ1) is 26.9. The number of hydrogen-bond donors (Lipinski definition) is 0. The highest BCUT2D eigenvalue weighted by Crippen LogP contribution is 2.35. The lowest BCUT2D eigenvalue weighted by molar-refractivity contribution is -0.115. The second-order valence-corrected chi connectivity index (χ2v) is 8.86. The topological polar surface area (TPSA) is 26.3 Å². The van der Waals surface area contributed by atoms with Gasteiger partial charge in [-0.2, -0.15) is 0 Å². The monoisotopic (exact) mass is 454 g/mol. The molecule has 0 spiro atoms. The molecule has 2 nitrogen and oxygen atoms in total. The highest BCUT2D eigenvalue weighted by molar-refractivity contribution is 5.94. The van der Waals surface area contributed by atoms with Gasteiger partial charge >= 0.3 is 0 Å². The summed E-state index contributed by atoms with van der Waals surface area (Å²) in [4.78, 5) is 11.8. The zero-order chi connectivity index (χ0) is 25.1. The van der Waals surface area contributed by atoms with Gasteiger partial charge in [0.15, 0.2) is 5.78 Å². The molecule has 34 heavy (non-hydrogen) atoms. The van der Waals surface area contributed by atoms with Crippen LogP contribution in [-0.4, -0.2) is 12.4 Å². The lowest BCUT2D eigenvalue weighted by Crippen LogP contribution is -2.02. The maximum absolute atomic E-state index is 11.8. The second kappa shape index (κ2) is 13.3. The number of Topliss-reactive ketones (excluding diaryl/α,β-unsaturated/α-hetero) is 1. The van der Waals surface area contributed by atoms with Gasteiger partial charge in [-0.15, -0.1) is 0 Å². The van der Waals surface area contributed by atoms with Crippen LogP contribution in [0.25, 0.3) is 22.5 Å². The van der Waals surface area contributed by atoms with Crippen LogP contribution in [0.4, 0.5) is 0 Å². The molecule has 178 valence electrons. The van der Waals surface area contributed by atoms with Crippen molar-refractivity contribution in [3.05, 3.63) is 109 Å². The lowest BCUT2D eigenvalue weighted by atomic mass is 9.90. The number of carbonyl (C=O) groups excluding carboxylic acids is 1. The first-order valence-corrected chi connectivity index (χ1v) is 11.9. The van der Waals surface area contributed by atoms with E-state index in [-0.39, 0.29) is 5.78 Å². The summed E-state index contributed by atoms with van der Waals surface area (Å²) in [6, 6.07) is 16.5. The third-order valence-electron chi connectivity index (χ3n) is 5.94. The van der Waals surface area contributed by atoms with E-state index in [0.717, 1.165) is 64.7 Å². The third kappa shape index (κ3) is 7.88. The van der Waals surface area contributed by atoms with Gasteiger partial charge in [0.1, 0.15) is 5.76 Å². The molecule has 0 heterocycles. The fourth-order valence-corrected chi connectivity index (χ4v) is 3.73. The van der Waals surface area contributed by atoms with Crippen LogP contribution in [0.3, 0.4) is 0 Å². The van der Waals surface area contributed by atoms with Crippen molar-refractivity contribution in [2.75, 3.05) is 6.61 Å².